The second kappa shape index (κ2) is 6.08. The molecule has 2 rings (SSSR count). The summed E-state index contributed by atoms with van der Waals surface area (Å²) in [5, 5.41) is 1.34. The fraction of sp³-hybridized carbons (Fsp3) is 0.231. The number of rotatable bonds is 4. The normalized spacial score (nSPS) is 12.2. The molecule has 2 aromatic rings. The van der Waals surface area contributed by atoms with Crippen LogP contribution in [0.3, 0.4) is 0 Å². The molecule has 0 saturated carbocycles. The molecule has 0 aliphatic heterocycles. The summed E-state index contributed by atoms with van der Waals surface area (Å²) in [5.41, 5.74) is 0.595. The summed E-state index contributed by atoms with van der Waals surface area (Å²) in [6.07, 6.45) is 0.776. The van der Waals surface area contributed by atoms with Gasteiger partial charge >= 0.3 is 5.97 Å². The van der Waals surface area contributed by atoms with Crippen LogP contribution in [0.2, 0.25) is 5.02 Å². The van der Waals surface area contributed by atoms with Crippen molar-refractivity contribution in [3.63, 3.8) is 0 Å². The fourth-order valence-corrected chi connectivity index (χ4v) is 1.96. The van der Waals surface area contributed by atoms with E-state index in [1.54, 1.807) is 24.4 Å². The van der Waals surface area contributed by atoms with Crippen LogP contribution in [0.1, 0.15) is 6.92 Å². The zero-order valence-electron chi connectivity index (χ0n) is 10.1. The molecule has 0 radical (unpaired) electrons. The summed E-state index contributed by atoms with van der Waals surface area (Å²) in [4.78, 5) is 15.1. The summed E-state index contributed by atoms with van der Waals surface area (Å²) in [6.45, 7) is 1.29. The highest BCUT2D eigenvalue weighted by Gasteiger charge is 2.15. The maximum atomic E-state index is 10.9. The molecule has 0 aliphatic rings. The minimum Gasteiger partial charge on any atom is -0.451 e. The van der Waals surface area contributed by atoms with Gasteiger partial charge in [0.1, 0.15) is 11.3 Å². The standard InChI is InChI=1S/C13H11Cl2NO3/c1-8(17)18-12(7-14)19-11-5-4-10(15)9-3-2-6-16-13(9)11/h2-6,12H,7H2,1H3. The number of carbonyl (C=O) groups is 1. The Hall–Kier alpha value is -1.52. The Morgan fingerprint density at radius 3 is 2.89 bits per heavy atom. The Kier molecular flexibility index (Phi) is 4.45. The highest BCUT2D eigenvalue weighted by molar-refractivity contribution is 6.35. The van der Waals surface area contributed by atoms with Crippen molar-refractivity contribution in [3.8, 4) is 5.75 Å². The zero-order chi connectivity index (χ0) is 13.8. The van der Waals surface area contributed by atoms with Crippen molar-refractivity contribution in [3.05, 3.63) is 35.5 Å². The minimum absolute atomic E-state index is 0.0243. The van der Waals surface area contributed by atoms with Crippen LogP contribution in [0.4, 0.5) is 0 Å². The molecule has 1 aromatic carbocycles. The number of hydrogen-bond donors (Lipinski definition) is 0. The summed E-state index contributed by atoms with van der Waals surface area (Å²) >= 11 is 11.8. The summed E-state index contributed by atoms with van der Waals surface area (Å²) in [7, 11) is 0. The van der Waals surface area contributed by atoms with Crippen molar-refractivity contribution in [2.24, 2.45) is 0 Å². The van der Waals surface area contributed by atoms with Crippen molar-refractivity contribution in [2.75, 3.05) is 5.88 Å². The molecule has 0 saturated heterocycles. The summed E-state index contributed by atoms with van der Waals surface area (Å²) in [5.74, 6) is 0.0278. The second-order valence-electron chi connectivity index (χ2n) is 3.76. The van der Waals surface area contributed by atoms with Crippen molar-refractivity contribution >= 4 is 40.1 Å². The van der Waals surface area contributed by atoms with Gasteiger partial charge in [0, 0.05) is 18.5 Å². The van der Waals surface area contributed by atoms with Gasteiger partial charge in [0.2, 0.25) is 0 Å². The van der Waals surface area contributed by atoms with Gasteiger partial charge in [-0.25, -0.2) is 0 Å². The number of nitrogens with zero attached hydrogens (tertiary/aromatic N) is 1. The lowest BCUT2D eigenvalue weighted by atomic mass is 10.2. The molecule has 19 heavy (non-hydrogen) atoms. The number of pyridine rings is 1. The summed E-state index contributed by atoms with van der Waals surface area (Å²) < 4.78 is 10.5. The van der Waals surface area contributed by atoms with E-state index in [9.17, 15) is 4.79 Å². The van der Waals surface area contributed by atoms with E-state index in [-0.39, 0.29) is 5.88 Å². The van der Waals surface area contributed by atoms with Gasteiger partial charge < -0.3 is 9.47 Å². The van der Waals surface area contributed by atoms with E-state index >= 15 is 0 Å². The largest absolute Gasteiger partial charge is 0.451 e. The molecule has 1 heterocycles. The number of aromatic nitrogens is 1. The molecule has 0 amide bonds. The first-order valence-electron chi connectivity index (χ1n) is 5.55. The molecule has 1 aromatic heterocycles. The van der Waals surface area contributed by atoms with Crippen molar-refractivity contribution in [1.82, 2.24) is 4.98 Å². The van der Waals surface area contributed by atoms with Gasteiger partial charge in [0.25, 0.3) is 6.29 Å². The molecular weight excluding hydrogens is 289 g/mol. The number of halogens is 2. The second-order valence-corrected chi connectivity index (χ2v) is 4.47. The number of fused-ring (bicyclic) bond motifs is 1. The van der Waals surface area contributed by atoms with Crippen LogP contribution >= 0.6 is 23.2 Å². The van der Waals surface area contributed by atoms with Crippen LogP contribution in [-0.4, -0.2) is 23.1 Å². The van der Waals surface area contributed by atoms with Gasteiger partial charge in [-0.3, -0.25) is 9.78 Å². The third-order valence-electron chi connectivity index (χ3n) is 2.36. The Balaban J connectivity index is 2.35. The number of alkyl halides is 1. The molecule has 1 atom stereocenters. The SMILES string of the molecule is CC(=O)OC(CCl)Oc1ccc(Cl)c2cccnc12. The number of esters is 1. The Morgan fingerprint density at radius 2 is 2.21 bits per heavy atom. The van der Waals surface area contributed by atoms with Gasteiger partial charge in [-0.15, -0.1) is 11.6 Å². The Morgan fingerprint density at radius 1 is 1.42 bits per heavy atom. The first-order chi connectivity index (χ1) is 9.11. The molecule has 4 nitrogen and oxygen atoms in total. The number of hydrogen-bond acceptors (Lipinski definition) is 4. The molecule has 100 valence electrons. The van der Waals surface area contributed by atoms with Crippen LogP contribution in [0.25, 0.3) is 10.9 Å². The lowest BCUT2D eigenvalue weighted by molar-refractivity contribution is -0.157. The molecule has 6 heteroatoms. The third-order valence-corrected chi connectivity index (χ3v) is 2.94. The van der Waals surface area contributed by atoms with E-state index < -0.39 is 12.3 Å². The Labute approximate surface area is 120 Å². The molecule has 0 aliphatic carbocycles. The first kappa shape index (κ1) is 13.9. The fourth-order valence-electron chi connectivity index (χ4n) is 1.62. The smallest absolute Gasteiger partial charge is 0.305 e. The van der Waals surface area contributed by atoms with Crippen LogP contribution in [0, 0.1) is 0 Å². The topological polar surface area (TPSA) is 48.4 Å². The lowest BCUT2D eigenvalue weighted by Gasteiger charge is -2.17. The molecule has 0 bridgehead atoms. The monoisotopic (exact) mass is 299 g/mol. The maximum Gasteiger partial charge on any atom is 0.305 e. The van der Waals surface area contributed by atoms with Crippen LogP contribution < -0.4 is 4.74 Å². The van der Waals surface area contributed by atoms with Crippen LogP contribution in [-0.2, 0) is 9.53 Å². The molecule has 0 fully saturated rings. The van der Waals surface area contributed by atoms with Gasteiger partial charge in [0.15, 0.2) is 0 Å². The number of benzene rings is 1. The lowest BCUT2D eigenvalue weighted by Crippen LogP contribution is -2.24. The van der Waals surface area contributed by atoms with Gasteiger partial charge in [-0.2, -0.15) is 0 Å². The molecule has 0 N–H and O–H groups in total. The van der Waals surface area contributed by atoms with E-state index in [4.69, 9.17) is 32.7 Å². The van der Waals surface area contributed by atoms with Gasteiger partial charge in [-0.05, 0) is 24.3 Å². The van der Waals surface area contributed by atoms with E-state index in [1.807, 2.05) is 6.07 Å². The maximum absolute atomic E-state index is 10.9. The summed E-state index contributed by atoms with van der Waals surface area (Å²) in [6, 6.07) is 6.98. The minimum atomic E-state index is -0.856. The highest BCUT2D eigenvalue weighted by Crippen LogP contribution is 2.30. The predicted octanol–water partition coefficient (Wildman–Crippen LogP) is 3.40. The van der Waals surface area contributed by atoms with Crippen molar-refractivity contribution in [1.29, 1.82) is 0 Å². The van der Waals surface area contributed by atoms with E-state index in [0.29, 0.717) is 16.3 Å². The van der Waals surface area contributed by atoms with Crippen molar-refractivity contribution in [2.45, 2.75) is 13.2 Å². The predicted molar refractivity (Wildman–Crippen MR) is 73.7 cm³/mol. The van der Waals surface area contributed by atoms with Gasteiger partial charge in [-0.1, -0.05) is 11.6 Å². The van der Waals surface area contributed by atoms with Gasteiger partial charge in [0.05, 0.1) is 10.9 Å². The molecule has 0 spiro atoms. The van der Waals surface area contributed by atoms with Crippen LogP contribution in [0.5, 0.6) is 5.75 Å². The van der Waals surface area contributed by atoms with E-state index in [0.717, 1.165) is 5.39 Å². The zero-order valence-corrected chi connectivity index (χ0v) is 11.6. The third kappa shape index (κ3) is 3.28. The average Bonchev–Trinajstić information content (AvgIpc) is 2.41. The first-order valence-corrected chi connectivity index (χ1v) is 6.46. The quantitative estimate of drug-likeness (QED) is 0.493. The Bertz CT molecular complexity index is 603. The average molecular weight is 300 g/mol. The number of carbonyl (C=O) groups excluding carboxylic acids is 1. The number of ether oxygens (including phenoxy) is 2. The van der Waals surface area contributed by atoms with E-state index in [1.165, 1.54) is 6.92 Å². The molecular formula is C13H11Cl2NO3. The van der Waals surface area contributed by atoms with Crippen molar-refractivity contribution < 1.29 is 14.3 Å². The molecule has 1 unspecified atom stereocenters. The van der Waals surface area contributed by atoms with Crippen LogP contribution in [0.15, 0.2) is 30.5 Å². The van der Waals surface area contributed by atoms with E-state index in [2.05, 4.69) is 4.98 Å². The highest BCUT2D eigenvalue weighted by atomic mass is 35.5.